The lowest BCUT2D eigenvalue weighted by molar-refractivity contribution is -0.0682. The first-order valence-electron chi connectivity index (χ1n) is 7.94. The number of aliphatic imine (C=N–C) groups is 1. The molecule has 5 heteroatoms. The Balaban J connectivity index is 1.97. The van der Waals surface area contributed by atoms with E-state index in [4.69, 9.17) is 0 Å². The molecule has 0 radical (unpaired) electrons. The Morgan fingerprint density at radius 3 is 2.44 bits per heavy atom. The van der Waals surface area contributed by atoms with Crippen molar-refractivity contribution in [2.45, 2.75) is 25.3 Å². The fourth-order valence-corrected chi connectivity index (χ4v) is 3.15. The van der Waals surface area contributed by atoms with E-state index < -0.39 is 11.5 Å². The van der Waals surface area contributed by atoms with E-state index in [1.54, 1.807) is 42.5 Å². The van der Waals surface area contributed by atoms with Crippen LogP contribution in [0, 0.1) is 5.82 Å². The number of hydrogen-bond donors (Lipinski definition) is 0. The van der Waals surface area contributed by atoms with Gasteiger partial charge in [-0.25, -0.2) is 9.37 Å². The van der Waals surface area contributed by atoms with Gasteiger partial charge in [0, 0.05) is 16.5 Å². The Morgan fingerprint density at radius 2 is 1.64 bits per heavy atom. The molecule has 0 fully saturated rings. The van der Waals surface area contributed by atoms with E-state index in [2.05, 4.69) is 9.98 Å². The van der Waals surface area contributed by atoms with Crippen LogP contribution in [0.15, 0.2) is 59.6 Å². The second kappa shape index (κ2) is 5.15. The molecule has 25 heavy (non-hydrogen) atoms. The van der Waals surface area contributed by atoms with Gasteiger partial charge in [0.15, 0.2) is 0 Å². The van der Waals surface area contributed by atoms with E-state index in [0.29, 0.717) is 27.9 Å². The molecular weight excluding hydrogens is 325 g/mol. The number of pyridine rings is 1. The van der Waals surface area contributed by atoms with Gasteiger partial charge < -0.3 is 0 Å². The molecule has 1 aromatic heterocycles. The lowest BCUT2D eigenvalue weighted by Gasteiger charge is -2.37. The number of alkyl halides is 2. The minimum absolute atomic E-state index is 0.0638. The molecular formula is C20H15F3N2. The number of rotatable bonds is 1. The van der Waals surface area contributed by atoms with Crippen LogP contribution in [-0.2, 0) is 5.92 Å². The van der Waals surface area contributed by atoms with Gasteiger partial charge in [0.05, 0.1) is 16.9 Å². The summed E-state index contributed by atoms with van der Waals surface area (Å²) in [5.74, 6) is -3.45. The maximum Gasteiger partial charge on any atom is 0.297 e. The van der Waals surface area contributed by atoms with E-state index in [-0.39, 0.29) is 11.4 Å². The summed E-state index contributed by atoms with van der Waals surface area (Å²) >= 11 is 0. The third-order valence-corrected chi connectivity index (χ3v) is 4.60. The van der Waals surface area contributed by atoms with Gasteiger partial charge in [0.25, 0.3) is 5.92 Å². The lowest BCUT2D eigenvalue weighted by Crippen LogP contribution is -2.44. The van der Waals surface area contributed by atoms with Crippen LogP contribution in [0.2, 0.25) is 0 Å². The van der Waals surface area contributed by atoms with Crippen molar-refractivity contribution >= 4 is 16.6 Å². The van der Waals surface area contributed by atoms with Gasteiger partial charge in [-0.2, -0.15) is 8.78 Å². The van der Waals surface area contributed by atoms with E-state index in [0.717, 1.165) is 0 Å². The van der Waals surface area contributed by atoms with E-state index in [1.165, 1.54) is 26.0 Å². The van der Waals surface area contributed by atoms with Crippen LogP contribution in [0.5, 0.6) is 0 Å². The van der Waals surface area contributed by atoms with Crippen LogP contribution in [0.1, 0.15) is 30.7 Å². The number of hydrogen-bond acceptors (Lipinski definition) is 2. The maximum atomic E-state index is 14.8. The molecule has 0 spiro atoms. The number of nitrogens with zero attached hydrogens (tertiary/aromatic N) is 2. The fraction of sp³-hybridized carbons (Fsp3) is 0.200. The molecule has 0 amide bonds. The standard InChI is InChI=1S/C20H15F3N2/c1-19(2)20(22,23)14-7-4-3-6-12(14)18(25-19)17-11-10-13-15(21)8-5-9-16(13)24-17/h3-11H,1-2H3. The van der Waals surface area contributed by atoms with Crippen molar-refractivity contribution in [3.8, 4) is 0 Å². The summed E-state index contributed by atoms with van der Waals surface area (Å²) in [5, 5.41) is 0.389. The number of fused-ring (bicyclic) bond motifs is 2. The first-order chi connectivity index (χ1) is 11.8. The number of halogens is 3. The average molecular weight is 340 g/mol. The van der Waals surface area contributed by atoms with Crippen LogP contribution >= 0.6 is 0 Å². The first-order valence-corrected chi connectivity index (χ1v) is 7.94. The Hall–Kier alpha value is -2.69. The van der Waals surface area contributed by atoms with Crippen molar-refractivity contribution in [2.24, 2.45) is 4.99 Å². The average Bonchev–Trinajstić information content (AvgIpc) is 2.58. The molecule has 4 rings (SSSR count). The molecule has 0 bridgehead atoms. The zero-order chi connectivity index (χ0) is 17.8. The minimum Gasteiger partial charge on any atom is -0.270 e. The zero-order valence-electron chi connectivity index (χ0n) is 13.7. The van der Waals surface area contributed by atoms with Crippen LogP contribution in [-0.4, -0.2) is 16.2 Å². The van der Waals surface area contributed by atoms with Crippen molar-refractivity contribution in [1.82, 2.24) is 4.98 Å². The Bertz CT molecular complexity index is 1020. The van der Waals surface area contributed by atoms with Crippen molar-refractivity contribution in [1.29, 1.82) is 0 Å². The summed E-state index contributed by atoms with van der Waals surface area (Å²) in [6.07, 6.45) is 0. The van der Waals surface area contributed by atoms with Crippen molar-refractivity contribution in [3.05, 3.63) is 77.2 Å². The highest BCUT2D eigenvalue weighted by Gasteiger charge is 2.52. The topological polar surface area (TPSA) is 25.2 Å². The Kier molecular flexibility index (Phi) is 3.26. The number of benzene rings is 2. The molecule has 0 unspecified atom stereocenters. The van der Waals surface area contributed by atoms with Gasteiger partial charge in [-0.15, -0.1) is 0 Å². The summed E-state index contributed by atoms with van der Waals surface area (Å²) in [4.78, 5) is 8.77. The number of aromatic nitrogens is 1. The zero-order valence-corrected chi connectivity index (χ0v) is 13.7. The predicted molar refractivity (Wildman–Crippen MR) is 91.8 cm³/mol. The molecule has 0 atom stereocenters. The first kappa shape index (κ1) is 15.8. The molecule has 1 aliphatic heterocycles. The van der Waals surface area contributed by atoms with Crippen LogP contribution < -0.4 is 0 Å². The van der Waals surface area contributed by atoms with Crippen molar-refractivity contribution < 1.29 is 13.2 Å². The van der Waals surface area contributed by atoms with E-state index in [9.17, 15) is 13.2 Å². The van der Waals surface area contributed by atoms with Crippen molar-refractivity contribution in [3.63, 3.8) is 0 Å². The van der Waals surface area contributed by atoms with Gasteiger partial charge in [-0.05, 0) is 38.1 Å². The molecule has 1 aliphatic rings. The molecule has 0 N–H and O–H groups in total. The summed E-state index contributed by atoms with van der Waals surface area (Å²) in [7, 11) is 0. The summed E-state index contributed by atoms with van der Waals surface area (Å²) in [6, 6.07) is 14.2. The summed E-state index contributed by atoms with van der Waals surface area (Å²) in [6.45, 7) is 2.81. The molecule has 0 aliphatic carbocycles. The molecule has 126 valence electrons. The second-order valence-corrected chi connectivity index (χ2v) is 6.64. The monoisotopic (exact) mass is 340 g/mol. The molecule has 2 aromatic carbocycles. The summed E-state index contributed by atoms with van der Waals surface area (Å²) in [5.41, 5.74) is 0.00997. The van der Waals surface area contributed by atoms with Crippen LogP contribution in [0.3, 0.4) is 0 Å². The van der Waals surface area contributed by atoms with Gasteiger partial charge in [-0.3, -0.25) is 4.99 Å². The lowest BCUT2D eigenvalue weighted by atomic mass is 9.82. The molecule has 0 saturated carbocycles. The highest BCUT2D eigenvalue weighted by atomic mass is 19.3. The fourth-order valence-electron chi connectivity index (χ4n) is 3.15. The van der Waals surface area contributed by atoms with E-state index in [1.807, 2.05) is 0 Å². The quantitative estimate of drug-likeness (QED) is 0.605. The van der Waals surface area contributed by atoms with Gasteiger partial charge in [-0.1, -0.05) is 30.3 Å². The van der Waals surface area contributed by atoms with Gasteiger partial charge in [0.2, 0.25) is 0 Å². The smallest absolute Gasteiger partial charge is 0.270 e. The summed E-state index contributed by atoms with van der Waals surface area (Å²) < 4.78 is 43.4. The highest BCUT2D eigenvalue weighted by Crippen LogP contribution is 2.46. The van der Waals surface area contributed by atoms with Crippen LogP contribution in [0.4, 0.5) is 13.2 Å². The molecule has 3 aromatic rings. The predicted octanol–water partition coefficient (Wildman–Crippen LogP) is 5.10. The molecule has 0 saturated heterocycles. The third-order valence-electron chi connectivity index (χ3n) is 4.60. The molecule has 2 heterocycles. The third kappa shape index (κ3) is 2.26. The highest BCUT2D eigenvalue weighted by molar-refractivity contribution is 6.14. The maximum absolute atomic E-state index is 14.8. The molecule has 2 nitrogen and oxygen atoms in total. The van der Waals surface area contributed by atoms with Crippen molar-refractivity contribution in [2.75, 3.05) is 0 Å². The minimum atomic E-state index is -3.09. The normalized spacial score (nSPS) is 17.9. The Labute approximate surface area is 143 Å². The van der Waals surface area contributed by atoms with Gasteiger partial charge >= 0.3 is 0 Å². The Morgan fingerprint density at radius 1 is 0.880 bits per heavy atom. The largest absolute Gasteiger partial charge is 0.297 e. The van der Waals surface area contributed by atoms with E-state index >= 15 is 0 Å². The second-order valence-electron chi connectivity index (χ2n) is 6.64. The SMILES string of the molecule is CC1(C)N=C(c2ccc3c(F)cccc3n2)c2ccccc2C1(F)F. The van der Waals surface area contributed by atoms with Gasteiger partial charge in [0.1, 0.15) is 11.4 Å². The van der Waals surface area contributed by atoms with Crippen LogP contribution in [0.25, 0.3) is 10.9 Å².